The maximum absolute atomic E-state index is 13.5. The first-order chi connectivity index (χ1) is 10.6. The van der Waals surface area contributed by atoms with Crippen molar-refractivity contribution in [2.45, 2.75) is 12.8 Å². The molecule has 0 saturated heterocycles. The van der Waals surface area contributed by atoms with Gasteiger partial charge in [0.2, 0.25) is 11.6 Å². The van der Waals surface area contributed by atoms with Gasteiger partial charge in [-0.2, -0.15) is 8.78 Å². The summed E-state index contributed by atoms with van der Waals surface area (Å²) in [6.07, 6.45) is 0.0628. The maximum atomic E-state index is 13.5. The van der Waals surface area contributed by atoms with E-state index in [9.17, 15) is 22.1 Å². The Morgan fingerprint density at radius 3 is 2.04 bits per heavy atom. The summed E-state index contributed by atoms with van der Waals surface area (Å²) in [6.45, 7) is 0.333. The van der Waals surface area contributed by atoms with Crippen molar-refractivity contribution in [1.82, 2.24) is 5.09 Å². The van der Waals surface area contributed by atoms with Crippen molar-refractivity contribution in [3.63, 3.8) is 0 Å². The summed E-state index contributed by atoms with van der Waals surface area (Å²) in [6, 6.07) is 0. The number of nitrogens with two attached hydrogens (primary N) is 2. The molecule has 0 bridgehead atoms. The number of nitrogens with one attached hydrogen (secondary N) is 1. The number of halogens is 4. The molecule has 0 aliphatic heterocycles. The van der Waals surface area contributed by atoms with Crippen molar-refractivity contribution in [1.29, 1.82) is 0 Å². The number of phenols is 1. The van der Waals surface area contributed by atoms with Gasteiger partial charge < -0.3 is 5.11 Å². The molecule has 0 saturated carbocycles. The summed E-state index contributed by atoms with van der Waals surface area (Å²) >= 11 is 0. The molecule has 0 aliphatic rings. The summed E-state index contributed by atoms with van der Waals surface area (Å²) in [5.74, 6) is -7.38. The minimum absolute atomic E-state index is 0.210. The minimum atomic E-state index is -3.24. The number of benzene rings is 1. The van der Waals surface area contributed by atoms with Crippen molar-refractivity contribution in [2.75, 3.05) is 18.1 Å². The molecule has 0 aliphatic carbocycles. The zero-order valence-electron chi connectivity index (χ0n) is 11.8. The molecule has 0 fully saturated rings. The first-order valence-corrected chi connectivity index (χ1v) is 10.7. The van der Waals surface area contributed by atoms with Gasteiger partial charge in [0.25, 0.3) is 7.59 Å². The highest BCUT2D eigenvalue weighted by molar-refractivity contribution is 8.76. The summed E-state index contributed by atoms with van der Waals surface area (Å²) in [5, 5.41) is 11.3. The predicted molar refractivity (Wildman–Crippen MR) is 85.2 cm³/mol. The third-order valence-electron chi connectivity index (χ3n) is 2.61. The van der Waals surface area contributed by atoms with Crippen molar-refractivity contribution in [2.24, 2.45) is 11.0 Å². The fourth-order valence-electron chi connectivity index (χ4n) is 1.57. The first-order valence-electron chi connectivity index (χ1n) is 6.35. The van der Waals surface area contributed by atoms with Gasteiger partial charge in [-0.1, -0.05) is 21.6 Å². The lowest BCUT2D eigenvalue weighted by Crippen LogP contribution is -2.23. The van der Waals surface area contributed by atoms with E-state index in [2.05, 4.69) is 5.09 Å². The van der Waals surface area contributed by atoms with Crippen LogP contribution in [-0.4, -0.2) is 23.2 Å². The molecule has 132 valence electrons. The Morgan fingerprint density at radius 1 is 1.00 bits per heavy atom. The second kappa shape index (κ2) is 9.14. The highest BCUT2D eigenvalue weighted by Crippen LogP contribution is 2.30. The van der Waals surface area contributed by atoms with Crippen molar-refractivity contribution in [3.05, 3.63) is 28.8 Å². The van der Waals surface area contributed by atoms with Crippen LogP contribution in [0.2, 0.25) is 0 Å². The largest absolute Gasteiger partial charge is 0.503 e. The minimum Gasteiger partial charge on any atom is -0.503 e. The highest BCUT2D eigenvalue weighted by Gasteiger charge is 2.24. The lowest BCUT2D eigenvalue weighted by Gasteiger charge is -2.09. The van der Waals surface area contributed by atoms with Crippen LogP contribution in [0, 0.1) is 23.3 Å². The molecule has 1 aromatic rings. The van der Waals surface area contributed by atoms with Gasteiger partial charge in [-0.05, 0) is 12.8 Å². The Morgan fingerprint density at radius 2 is 1.52 bits per heavy atom. The van der Waals surface area contributed by atoms with Gasteiger partial charge in [0, 0.05) is 23.6 Å². The third kappa shape index (κ3) is 6.52. The predicted octanol–water partition coefficient (Wildman–Crippen LogP) is 2.88. The average molecular weight is 393 g/mol. The molecule has 0 unspecified atom stereocenters. The number of hydrogen-bond donors (Lipinski definition) is 4. The van der Waals surface area contributed by atoms with Crippen LogP contribution in [0.5, 0.6) is 5.75 Å². The molecule has 6 N–H and O–H groups in total. The molecule has 12 heteroatoms. The monoisotopic (exact) mass is 393 g/mol. The molecular weight excluding hydrogens is 377 g/mol. The first kappa shape index (κ1) is 20.6. The molecule has 0 spiro atoms. The van der Waals surface area contributed by atoms with Crippen LogP contribution in [0.15, 0.2) is 0 Å². The average Bonchev–Trinajstić information content (AvgIpc) is 2.47. The zero-order valence-corrected chi connectivity index (χ0v) is 14.3. The molecule has 0 heterocycles. The van der Waals surface area contributed by atoms with E-state index in [4.69, 9.17) is 16.1 Å². The maximum Gasteiger partial charge on any atom is 0.273 e. The van der Waals surface area contributed by atoms with Gasteiger partial charge in [0.1, 0.15) is 0 Å². The lowest BCUT2D eigenvalue weighted by molar-refractivity contribution is 0.351. The summed E-state index contributed by atoms with van der Waals surface area (Å²) in [4.78, 5) is 0. The van der Waals surface area contributed by atoms with Crippen LogP contribution < -0.4 is 16.1 Å². The molecule has 5 nitrogen and oxygen atoms in total. The van der Waals surface area contributed by atoms with Crippen LogP contribution in [0.3, 0.4) is 0 Å². The van der Waals surface area contributed by atoms with E-state index in [1.165, 1.54) is 21.6 Å². The number of hydrogen-bond acceptors (Lipinski definition) is 4. The topological polar surface area (TPSA) is 101 Å². The quantitative estimate of drug-likeness (QED) is 0.168. The van der Waals surface area contributed by atoms with E-state index in [0.717, 1.165) is 0 Å². The molecule has 0 radical (unpaired) electrons. The second-order valence-corrected chi connectivity index (χ2v) is 8.89. The normalized spacial score (nSPS) is 11.9. The van der Waals surface area contributed by atoms with E-state index >= 15 is 0 Å². The van der Waals surface area contributed by atoms with Crippen LogP contribution in [0.25, 0.3) is 0 Å². The molecule has 1 aromatic carbocycles. The van der Waals surface area contributed by atoms with Crippen LogP contribution >= 0.6 is 29.2 Å². The van der Waals surface area contributed by atoms with E-state index in [1.54, 1.807) is 0 Å². The van der Waals surface area contributed by atoms with Crippen molar-refractivity contribution < 1.29 is 27.2 Å². The summed E-state index contributed by atoms with van der Waals surface area (Å²) < 4.78 is 64.2. The Balaban J connectivity index is 2.36. The van der Waals surface area contributed by atoms with Crippen LogP contribution in [0.4, 0.5) is 17.6 Å². The standard InChI is InChI=1S/C11H16F4N3O2PS2/c12-7-6(8(13)10(15)11(19)9(7)14)2-1-4-22-23-5-3-18-21(16,17)20/h19H,1-5H2,(H5,16,17,18,20). The van der Waals surface area contributed by atoms with Gasteiger partial charge >= 0.3 is 0 Å². The lowest BCUT2D eigenvalue weighted by atomic mass is 10.1. The summed E-state index contributed by atoms with van der Waals surface area (Å²) in [7, 11) is -0.477. The van der Waals surface area contributed by atoms with Crippen LogP contribution in [0.1, 0.15) is 12.0 Å². The smallest absolute Gasteiger partial charge is 0.273 e. The number of phenolic OH excluding ortho intramolecular Hbond substituents is 1. The third-order valence-corrected chi connectivity index (χ3v) is 5.82. The van der Waals surface area contributed by atoms with Gasteiger partial charge in [-0.25, -0.2) is 13.9 Å². The fraction of sp³-hybridized carbons (Fsp3) is 0.455. The molecular formula is C11H16F4N3O2PS2. The molecule has 23 heavy (non-hydrogen) atoms. The van der Waals surface area contributed by atoms with E-state index in [1.807, 2.05) is 0 Å². The fourth-order valence-corrected chi connectivity index (χ4v) is 4.18. The Kier molecular flexibility index (Phi) is 8.19. The van der Waals surface area contributed by atoms with Gasteiger partial charge in [-0.15, -0.1) is 0 Å². The van der Waals surface area contributed by atoms with Crippen molar-refractivity contribution >= 4 is 29.2 Å². The van der Waals surface area contributed by atoms with E-state index in [-0.39, 0.29) is 12.8 Å². The van der Waals surface area contributed by atoms with E-state index < -0.39 is 42.2 Å². The Hall–Kier alpha value is -0.450. The zero-order chi connectivity index (χ0) is 17.6. The number of aromatic hydroxyl groups is 1. The SMILES string of the molecule is NP(N)(=O)NCCSSCCCc1c(F)c(F)c(O)c(F)c1F. The Bertz CT molecular complexity index is 574. The van der Waals surface area contributed by atoms with E-state index in [0.29, 0.717) is 18.1 Å². The van der Waals surface area contributed by atoms with Crippen LogP contribution in [-0.2, 0) is 11.0 Å². The van der Waals surface area contributed by atoms with Gasteiger partial charge in [0.15, 0.2) is 17.4 Å². The van der Waals surface area contributed by atoms with Gasteiger partial charge in [0.05, 0.1) is 0 Å². The summed E-state index contributed by atoms with van der Waals surface area (Å²) in [5.41, 5.74) is 9.44. The second-order valence-electron chi connectivity index (χ2n) is 4.45. The molecule has 0 amide bonds. The molecule has 0 atom stereocenters. The van der Waals surface area contributed by atoms with Crippen molar-refractivity contribution in [3.8, 4) is 5.75 Å². The highest BCUT2D eigenvalue weighted by atomic mass is 33.1. The molecule has 0 aromatic heterocycles. The molecule has 1 rings (SSSR count). The Labute approximate surface area is 138 Å². The van der Waals surface area contributed by atoms with Gasteiger partial charge in [-0.3, -0.25) is 15.6 Å². The number of rotatable bonds is 9.